The minimum Gasteiger partial charge on any atom is -0.394 e. The Morgan fingerprint density at radius 1 is 0.500 bits per heavy atom. The van der Waals surface area contributed by atoms with Crippen LogP contribution in [0.4, 0.5) is 0 Å². The lowest BCUT2D eigenvalue weighted by Crippen LogP contribution is -2.66. The van der Waals surface area contributed by atoms with E-state index in [1.807, 2.05) is 6.08 Å². The van der Waals surface area contributed by atoms with E-state index in [1.165, 1.54) is 57.8 Å². The summed E-state index contributed by atoms with van der Waals surface area (Å²) in [5.74, 6) is -0.293. The van der Waals surface area contributed by atoms with Gasteiger partial charge >= 0.3 is 0 Å². The Bertz CT molecular complexity index is 1470. The topological polar surface area (TPSA) is 307 Å². The summed E-state index contributed by atoms with van der Waals surface area (Å²) in [7, 11) is 0. The third-order valence-electron chi connectivity index (χ3n) is 13.7. The maximum absolute atomic E-state index is 13.2. The lowest BCUT2D eigenvalue weighted by atomic mass is 9.96. The highest BCUT2D eigenvalue weighted by molar-refractivity contribution is 5.76. The molecule has 3 saturated heterocycles. The fourth-order valence-electron chi connectivity index (χ4n) is 9.11. The van der Waals surface area contributed by atoms with Gasteiger partial charge in [-0.2, -0.15) is 0 Å². The predicted molar refractivity (Wildman–Crippen MR) is 268 cm³/mol. The summed E-state index contributed by atoms with van der Waals surface area (Å²) in [5.41, 5.74) is 0. The summed E-state index contributed by atoms with van der Waals surface area (Å²) in [6.45, 7) is 1.61. The van der Waals surface area contributed by atoms with Crippen LogP contribution in [0.25, 0.3) is 0 Å². The molecule has 3 heterocycles. The van der Waals surface area contributed by atoms with Crippen molar-refractivity contribution >= 4 is 5.91 Å². The van der Waals surface area contributed by atoms with Crippen LogP contribution >= 0.6 is 0 Å². The van der Waals surface area contributed by atoms with Gasteiger partial charge in [0.25, 0.3) is 0 Å². The van der Waals surface area contributed by atoms with Gasteiger partial charge in [-0.1, -0.05) is 147 Å². The second-order valence-electron chi connectivity index (χ2n) is 19.7. The third-order valence-corrected chi connectivity index (χ3v) is 13.7. The first-order valence-corrected chi connectivity index (χ1v) is 27.2. The van der Waals surface area contributed by atoms with E-state index in [-0.39, 0.29) is 18.9 Å². The second kappa shape index (κ2) is 37.7. The number of hydrogen-bond acceptors (Lipinski definition) is 18. The van der Waals surface area contributed by atoms with Gasteiger partial charge in [0.15, 0.2) is 18.9 Å². The zero-order chi connectivity index (χ0) is 52.7. The molecule has 1 amide bonds. The van der Waals surface area contributed by atoms with Gasteiger partial charge in [0.2, 0.25) is 5.91 Å². The lowest BCUT2D eigenvalue weighted by molar-refractivity contribution is -0.379. The zero-order valence-electron chi connectivity index (χ0n) is 43.1. The third kappa shape index (κ3) is 22.7. The normalized spacial score (nSPS) is 32.3. The molecule has 0 saturated carbocycles. The molecule has 0 aliphatic carbocycles. The standard InChI is InChI=1S/C53H95NO18/c1-3-5-7-9-11-13-15-17-19-20-22-24-26-28-30-37(58)36(54-41(59)31-29-27-25-23-21-18-16-14-12-10-8-6-4-2)35-67-51-47(65)44(62)49(39(33-56)69-51)72-53-48(66)45(63)50(40(34-57)70-53)71-52-46(64)43(61)42(60)38(32-55)68-52/h8,10,14,16,28,30,36-40,42-53,55-58,60-66H,3-7,9,11-13,15,17-27,29,31-35H2,1-2H3,(H,54,59)/b10-8-,16-14-,30-28+. The molecule has 72 heavy (non-hydrogen) atoms. The summed E-state index contributed by atoms with van der Waals surface area (Å²) < 4.78 is 34.1. The average molecular weight is 1030 g/mol. The van der Waals surface area contributed by atoms with Crippen LogP contribution in [0.15, 0.2) is 36.5 Å². The first-order chi connectivity index (χ1) is 34.8. The number of nitrogens with one attached hydrogen (secondary N) is 1. The molecular weight excluding hydrogens is 939 g/mol. The molecule has 3 fully saturated rings. The summed E-state index contributed by atoms with van der Waals surface area (Å²) in [6.07, 6.45) is 9.94. The molecular formula is C53H95NO18. The minimum atomic E-state index is -1.98. The van der Waals surface area contributed by atoms with Crippen LogP contribution in [0.5, 0.6) is 0 Å². The van der Waals surface area contributed by atoms with E-state index < -0.39 is 124 Å². The molecule has 17 unspecified atom stereocenters. The molecule has 17 atom stereocenters. The molecule has 0 radical (unpaired) electrons. The van der Waals surface area contributed by atoms with E-state index in [0.717, 1.165) is 77.0 Å². The van der Waals surface area contributed by atoms with Crippen molar-refractivity contribution in [1.29, 1.82) is 0 Å². The smallest absolute Gasteiger partial charge is 0.220 e. The predicted octanol–water partition coefficient (Wildman–Crippen LogP) is 2.98. The molecule has 12 N–H and O–H groups in total. The van der Waals surface area contributed by atoms with E-state index in [1.54, 1.807) is 6.08 Å². The van der Waals surface area contributed by atoms with Crippen molar-refractivity contribution in [1.82, 2.24) is 5.32 Å². The van der Waals surface area contributed by atoms with Crippen LogP contribution in [0.3, 0.4) is 0 Å². The fraction of sp³-hybridized carbons (Fsp3) is 0.868. The lowest BCUT2D eigenvalue weighted by Gasteiger charge is -2.48. The Morgan fingerprint density at radius 2 is 0.944 bits per heavy atom. The van der Waals surface area contributed by atoms with Crippen LogP contribution in [-0.4, -0.2) is 193 Å². The number of rotatable bonds is 38. The Balaban J connectivity index is 1.56. The van der Waals surface area contributed by atoms with Gasteiger partial charge in [-0.25, -0.2) is 0 Å². The molecule has 3 rings (SSSR count). The van der Waals surface area contributed by atoms with Gasteiger partial charge in [0, 0.05) is 6.42 Å². The van der Waals surface area contributed by atoms with Gasteiger partial charge in [0.1, 0.15) is 73.2 Å². The van der Waals surface area contributed by atoms with Gasteiger partial charge < -0.3 is 89.9 Å². The van der Waals surface area contributed by atoms with E-state index in [9.17, 15) is 61.0 Å². The molecule has 19 heteroatoms. The maximum Gasteiger partial charge on any atom is 0.220 e. The molecule has 0 aromatic carbocycles. The van der Waals surface area contributed by atoms with Crippen molar-refractivity contribution in [3.8, 4) is 0 Å². The van der Waals surface area contributed by atoms with Crippen molar-refractivity contribution in [2.45, 2.75) is 266 Å². The van der Waals surface area contributed by atoms with Crippen molar-refractivity contribution in [3.63, 3.8) is 0 Å². The summed E-state index contributed by atoms with van der Waals surface area (Å²) in [4.78, 5) is 13.2. The molecule has 0 bridgehead atoms. The number of allylic oxidation sites excluding steroid dienone is 5. The molecule has 3 aliphatic heterocycles. The molecule has 3 aliphatic rings. The first-order valence-electron chi connectivity index (χ1n) is 27.2. The van der Waals surface area contributed by atoms with Crippen molar-refractivity contribution in [3.05, 3.63) is 36.5 Å². The van der Waals surface area contributed by atoms with Gasteiger partial charge in [0.05, 0.1) is 38.6 Å². The second-order valence-corrected chi connectivity index (χ2v) is 19.7. The molecule has 420 valence electrons. The van der Waals surface area contributed by atoms with E-state index >= 15 is 0 Å². The number of unbranched alkanes of at least 4 members (excludes halogenated alkanes) is 18. The van der Waals surface area contributed by atoms with Crippen LogP contribution in [-0.2, 0) is 33.2 Å². The quantitative estimate of drug-likeness (QED) is 0.0313. The number of ether oxygens (including phenoxy) is 6. The van der Waals surface area contributed by atoms with Crippen LogP contribution in [0.2, 0.25) is 0 Å². The van der Waals surface area contributed by atoms with Crippen LogP contribution < -0.4 is 5.32 Å². The van der Waals surface area contributed by atoms with Crippen LogP contribution in [0.1, 0.15) is 162 Å². The highest BCUT2D eigenvalue weighted by atomic mass is 16.8. The number of carbonyl (C=O) groups excluding carboxylic acids is 1. The van der Waals surface area contributed by atoms with Gasteiger partial charge in [-0.05, 0) is 44.9 Å². The van der Waals surface area contributed by atoms with Crippen molar-refractivity contribution < 1.29 is 89.4 Å². The number of aliphatic hydroxyl groups excluding tert-OH is 11. The maximum atomic E-state index is 13.2. The molecule has 0 aromatic rings. The Kier molecular flexibility index (Phi) is 33.7. The Labute approximate surface area is 428 Å². The van der Waals surface area contributed by atoms with Gasteiger partial charge in [-0.3, -0.25) is 4.79 Å². The number of carbonyl (C=O) groups is 1. The number of aliphatic hydroxyl groups is 11. The van der Waals surface area contributed by atoms with E-state index in [0.29, 0.717) is 6.42 Å². The zero-order valence-corrected chi connectivity index (χ0v) is 43.1. The highest BCUT2D eigenvalue weighted by Crippen LogP contribution is 2.33. The Hall–Kier alpha value is -1.99. The SMILES string of the molecule is CCC/C=C\C/C=C\CCCCCCCC(=O)NC(COC1OC(CO)C(OC2OC(CO)C(OC3OC(CO)C(O)C(O)C3O)C(O)C2O)C(O)C1O)C(O)/C=C/CCCCCCCCCCCCCC. The van der Waals surface area contributed by atoms with E-state index in [4.69, 9.17) is 28.4 Å². The monoisotopic (exact) mass is 1030 g/mol. The molecule has 19 nitrogen and oxygen atoms in total. The van der Waals surface area contributed by atoms with Crippen LogP contribution in [0, 0.1) is 0 Å². The molecule has 0 spiro atoms. The summed E-state index contributed by atoms with van der Waals surface area (Å²) >= 11 is 0. The number of hydrogen-bond donors (Lipinski definition) is 12. The Morgan fingerprint density at radius 3 is 1.47 bits per heavy atom. The molecule has 0 aromatic heterocycles. The first kappa shape index (κ1) is 64.3. The van der Waals surface area contributed by atoms with E-state index in [2.05, 4.69) is 43.5 Å². The fourth-order valence-corrected chi connectivity index (χ4v) is 9.11. The summed E-state index contributed by atoms with van der Waals surface area (Å²) in [5, 5.41) is 120. The van der Waals surface area contributed by atoms with Crippen molar-refractivity contribution in [2.24, 2.45) is 0 Å². The van der Waals surface area contributed by atoms with Crippen molar-refractivity contribution in [2.75, 3.05) is 26.4 Å². The largest absolute Gasteiger partial charge is 0.394 e. The summed E-state index contributed by atoms with van der Waals surface area (Å²) in [6, 6.07) is -0.977. The average Bonchev–Trinajstić information content (AvgIpc) is 3.37. The number of amides is 1. The van der Waals surface area contributed by atoms with Gasteiger partial charge in [-0.15, -0.1) is 0 Å². The minimum absolute atomic E-state index is 0.226. The highest BCUT2D eigenvalue weighted by Gasteiger charge is 2.53.